The van der Waals surface area contributed by atoms with E-state index in [4.69, 9.17) is 10.8 Å². The molecule has 0 aliphatic carbocycles. The van der Waals surface area contributed by atoms with Crippen LogP contribution in [0, 0.1) is 5.92 Å². The van der Waals surface area contributed by atoms with Crippen LogP contribution in [0.1, 0.15) is 0 Å². The molecule has 0 aromatic carbocycles. The van der Waals surface area contributed by atoms with Crippen LogP contribution in [0.25, 0.3) is 0 Å². The fourth-order valence-corrected chi connectivity index (χ4v) is 0.482. The molecule has 0 aliphatic rings. The molecule has 0 aliphatic heterocycles. The van der Waals surface area contributed by atoms with E-state index in [0.717, 1.165) is 0 Å². The van der Waals surface area contributed by atoms with Gasteiger partial charge >= 0.3 is 5.97 Å². The van der Waals surface area contributed by atoms with Crippen molar-refractivity contribution in [2.24, 2.45) is 17.4 Å². The minimum Gasteiger partial charge on any atom is -0.480 e. The number of hydrogen-bond donors (Lipinski definition) is 3. The first-order chi connectivity index (χ1) is 5.00. The smallest absolute Gasteiger partial charge is 0.321 e. The molecule has 62 valence electrons. The van der Waals surface area contributed by atoms with Gasteiger partial charge in [0.1, 0.15) is 18.2 Å². The minimum absolute atomic E-state index is 0.126. The minimum atomic E-state index is -1.55. The van der Waals surface area contributed by atoms with Crippen LogP contribution in [0.15, 0.2) is 0 Å². The normalized spacial score (nSPS) is 15.0. The molecule has 5 N–H and O–H groups in total. The van der Waals surface area contributed by atoms with Gasteiger partial charge in [-0.2, -0.15) is 0 Å². The van der Waals surface area contributed by atoms with Gasteiger partial charge in [-0.15, -0.1) is 0 Å². The van der Waals surface area contributed by atoms with E-state index in [2.05, 4.69) is 5.73 Å². The lowest BCUT2D eigenvalue weighted by molar-refractivity contribution is -0.144. The molecule has 0 saturated carbocycles. The van der Waals surface area contributed by atoms with Gasteiger partial charge in [0, 0.05) is 0 Å². The number of rotatable bonds is 4. The molecule has 0 radical (unpaired) electrons. The van der Waals surface area contributed by atoms with Crippen LogP contribution in [0.4, 0.5) is 0 Å². The standard InChI is InChI=1S/C5H8N2O4/c6-3(5(10)11)2(1-8)4(7)9/h1-3H,6H2,(H2,7,9)(H,10,11)/t2?,3-/m0/s1. The van der Waals surface area contributed by atoms with Crippen molar-refractivity contribution in [3.8, 4) is 0 Å². The molecule has 1 amide bonds. The number of amides is 1. The fourth-order valence-electron chi connectivity index (χ4n) is 0.482. The van der Waals surface area contributed by atoms with Crippen molar-refractivity contribution in [1.29, 1.82) is 0 Å². The van der Waals surface area contributed by atoms with Crippen LogP contribution in [0.5, 0.6) is 0 Å². The van der Waals surface area contributed by atoms with Crippen LogP contribution in [-0.2, 0) is 14.4 Å². The van der Waals surface area contributed by atoms with Gasteiger partial charge in [-0.3, -0.25) is 9.59 Å². The molecule has 1 unspecified atom stereocenters. The van der Waals surface area contributed by atoms with Gasteiger partial charge < -0.3 is 21.4 Å². The summed E-state index contributed by atoms with van der Waals surface area (Å²) in [5.74, 6) is -3.91. The van der Waals surface area contributed by atoms with E-state index in [1.54, 1.807) is 0 Å². The first-order valence-corrected chi connectivity index (χ1v) is 2.73. The molecule has 6 heteroatoms. The van der Waals surface area contributed by atoms with Crippen molar-refractivity contribution >= 4 is 18.2 Å². The zero-order valence-electron chi connectivity index (χ0n) is 5.56. The third kappa shape index (κ3) is 2.34. The molecule has 0 heterocycles. The molecule has 0 aromatic heterocycles. The Kier molecular flexibility index (Phi) is 3.19. The van der Waals surface area contributed by atoms with E-state index in [1.165, 1.54) is 0 Å². The van der Waals surface area contributed by atoms with Crippen molar-refractivity contribution in [2.45, 2.75) is 6.04 Å². The molecule has 2 atom stereocenters. The number of primary amides is 1. The third-order valence-corrected chi connectivity index (χ3v) is 1.15. The maximum Gasteiger partial charge on any atom is 0.321 e. The van der Waals surface area contributed by atoms with Gasteiger partial charge in [-0.05, 0) is 0 Å². The number of carbonyl (C=O) groups excluding carboxylic acids is 2. The quantitative estimate of drug-likeness (QED) is 0.315. The lowest BCUT2D eigenvalue weighted by Crippen LogP contribution is -2.45. The summed E-state index contributed by atoms with van der Waals surface area (Å²) in [7, 11) is 0. The maximum atomic E-state index is 10.3. The predicted octanol–water partition coefficient (Wildman–Crippen LogP) is -2.30. The molecule has 0 spiro atoms. The van der Waals surface area contributed by atoms with Crippen molar-refractivity contribution in [1.82, 2.24) is 0 Å². The monoisotopic (exact) mass is 160 g/mol. The van der Waals surface area contributed by atoms with Crippen LogP contribution in [0.2, 0.25) is 0 Å². The first kappa shape index (κ1) is 9.57. The summed E-state index contributed by atoms with van der Waals surface area (Å²) in [5.41, 5.74) is 9.61. The van der Waals surface area contributed by atoms with E-state index in [0.29, 0.717) is 0 Å². The lowest BCUT2D eigenvalue weighted by atomic mass is 10.0. The zero-order valence-corrected chi connectivity index (χ0v) is 5.56. The summed E-state index contributed by atoms with van der Waals surface area (Å²) in [6.45, 7) is 0. The molecule has 6 nitrogen and oxygen atoms in total. The van der Waals surface area contributed by atoms with E-state index >= 15 is 0 Å². The van der Waals surface area contributed by atoms with Crippen molar-refractivity contribution < 1.29 is 19.5 Å². The maximum absolute atomic E-state index is 10.3. The Hall–Kier alpha value is -1.43. The molecule has 0 rings (SSSR count). The van der Waals surface area contributed by atoms with Crippen molar-refractivity contribution in [3.63, 3.8) is 0 Å². The van der Waals surface area contributed by atoms with E-state index in [1.807, 2.05) is 0 Å². The van der Waals surface area contributed by atoms with Gasteiger partial charge in [-0.1, -0.05) is 0 Å². The fraction of sp³-hybridized carbons (Fsp3) is 0.400. The number of nitrogens with two attached hydrogens (primary N) is 2. The highest BCUT2D eigenvalue weighted by Crippen LogP contribution is 1.96. The van der Waals surface area contributed by atoms with Gasteiger partial charge in [0.25, 0.3) is 0 Å². The summed E-state index contributed by atoms with van der Waals surface area (Å²) in [6, 6.07) is -1.55. The lowest BCUT2D eigenvalue weighted by Gasteiger charge is -2.09. The Labute approximate surface area is 62.2 Å². The Morgan fingerprint density at radius 3 is 2.00 bits per heavy atom. The second kappa shape index (κ2) is 3.67. The van der Waals surface area contributed by atoms with Gasteiger partial charge in [0.15, 0.2) is 0 Å². The Morgan fingerprint density at radius 2 is 1.91 bits per heavy atom. The molecule has 0 aromatic rings. The molecule has 0 bridgehead atoms. The summed E-state index contributed by atoms with van der Waals surface area (Å²) >= 11 is 0. The second-order valence-electron chi connectivity index (χ2n) is 1.93. The number of carboxylic acids is 1. The molecule has 0 saturated heterocycles. The largest absolute Gasteiger partial charge is 0.480 e. The number of carbonyl (C=O) groups is 3. The molecule has 0 fully saturated rings. The van der Waals surface area contributed by atoms with Gasteiger partial charge in [0.2, 0.25) is 5.91 Å². The Balaban J connectivity index is 4.37. The van der Waals surface area contributed by atoms with Crippen molar-refractivity contribution in [2.75, 3.05) is 0 Å². The third-order valence-electron chi connectivity index (χ3n) is 1.15. The molecular formula is C5H8N2O4. The van der Waals surface area contributed by atoms with Crippen LogP contribution < -0.4 is 11.5 Å². The van der Waals surface area contributed by atoms with Crippen LogP contribution in [-0.4, -0.2) is 29.3 Å². The zero-order chi connectivity index (χ0) is 9.02. The Bertz CT molecular complexity index is 191. The van der Waals surface area contributed by atoms with E-state index < -0.39 is 23.8 Å². The highest BCUT2D eigenvalue weighted by atomic mass is 16.4. The van der Waals surface area contributed by atoms with Crippen molar-refractivity contribution in [3.05, 3.63) is 0 Å². The SMILES string of the molecule is NC(=O)C(C=O)[C@H](N)C(=O)O. The predicted molar refractivity (Wildman–Crippen MR) is 34.4 cm³/mol. The molecule has 11 heavy (non-hydrogen) atoms. The van der Waals surface area contributed by atoms with E-state index in [-0.39, 0.29) is 6.29 Å². The number of aldehydes is 1. The molecular weight excluding hydrogens is 152 g/mol. The van der Waals surface area contributed by atoms with Gasteiger partial charge in [-0.25, -0.2) is 0 Å². The van der Waals surface area contributed by atoms with Crippen LogP contribution >= 0.6 is 0 Å². The number of hydrogen-bond acceptors (Lipinski definition) is 4. The number of carboxylic acid groups (broad SMARTS) is 1. The second-order valence-corrected chi connectivity index (χ2v) is 1.93. The summed E-state index contributed by atoms with van der Waals surface area (Å²) < 4.78 is 0. The van der Waals surface area contributed by atoms with E-state index in [9.17, 15) is 14.4 Å². The topological polar surface area (TPSA) is 123 Å². The average Bonchev–Trinajstić information content (AvgIpc) is 1.88. The summed E-state index contributed by atoms with van der Waals surface area (Å²) in [6.07, 6.45) is 0.126. The highest BCUT2D eigenvalue weighted by molar-refractivity contribution is 5.96. The first-order valence-electron chi connectivity index (χ1n) is 2.73. The average molecular weight is 160 g/mol. The highest BCUT2D eigenvalue weighted by Gasteiger charge is 2.28. The van der Waals surface area contributed by atoms with Gasteiger partial charge in [0.05, 0.1) is 0 Å². The summed E-state index contributed by atoms with van der Waals surface area (Å²) in [5, 5.41) is 8.24. The van der Waals surface area contributed by atoms with Crippen LogP contribution in [0.3, 0.4) is 0 Å². The Morgan fingerprint density at radius 1 is 1.45 bits per heavy atom. The number of aliphatic carboxylic acids is 1. The summed E-state index contributed by atoms with van der Waals surface area (Å²) in [4.78, 5) is 30.5.